The molecule has 208 valence electrons. The van der Waals surface area contributed by atoms with Crippen LogP contribution in [0.4, 0.5) is 0 Å². The summed E-state index contributed by atoms with van der Waals surface area (Å²) in [6.45, 7) is 7.40. The SMILES string of the molecule is CCCCCC(CCCC)OC(=O)CCCCCCCN(CCO)CCCCCCCC(=O)OC. The molecule has 0 amide bonds. The highest BCUT2D eigenvalue weighted by Gasteiger charge is 2.13. The highest BCUT2D eigenvalue weighted by molar-refractivity contribution is 5.69. The molecule has 0 aliphatic heterocycles. The number of ether oxygens (including phenoxy) is 2. The molecular weight excluding hydrogens is 442 g/mol. The van der Waals surface area contributed by atoms with Crippen LogP contribution in [0.1, 0.15) is 136 Å². The Labute approximate surface area is 216 Å². The lowest BCUT2D eigenvalue weighted by molar-refractivity contribution is -0.150. The number of hydrogen-bond donors (Lipinski definition) is 1. The molecular formula is C29H57NO5. The number of carbonyl (C=O) groups excluding carboxylic acids is 2. The first-order valence-corrected chi connectivity index (χ1v) is 14.7. The van der Waals surface area contributed by atoms with Gasteiger partial charge in [-0.2, -0.15) is 0 Å². The van der Waals surface area contributed by atoms with Gasteiger partial charge in [0.05, 0.1) is 13.7 Å². The van der Waals surface area contributed by atoms with E-state index >= 15 is 0 Å². The van der Waals surface area contributed by atoms with Crippen LogP contribution in [0.15, 0.2) is 0 Å². The smallest absolute Gasteiger partial charge is 0.306 e. The minimum atomic E-state index is -0.118. The molecule has 0 aromatic heterocycles. The average molecular weight is 500 g/mol. The first-order chi connectivity index (χ1) is 17.1. The summed E-state index contributed by atoms with van der Waals surface area (Å²) >= 11 is 0. The molecule has 0 radical (unpaired) electrons. The summed E-state index contributed by atoms with van der Waals surface area (Å²) in [5, 5.41) is 9.35. The number of hydrogen-bond acceptors (Lipinski definition) is 6. The number of aliphatic hydroxyl groups is 1. The summed E-state index contributed by atoms with van der Waals surface area (Å²) < 4.78 is 10.4. The van der Waals surface area contributed by atoms with Crippen molar-refractivity contribution < 1.29 is 24.2 Å². The zero-order valence-electron chi connectivity index (χ0n) is 23.4. The molecule has 1 unspecified atom stereocenters. The normalized spacial score (nSPS) is 12.1. The van der Waals surface area contributed by atoms with E-state index in [2.05, 4.69) is 23.5 Å². The van der Waals surface area contributed by atoms with Crippen molar-refractivity contribution in [2.75, 3.05) is 33.4 Å². The Morgan fingerprint density at radius 1 is 0.657 bits per heavy atom. The fourth-order valence-electron chi connectivity index (χ4n) is 4.41. The van der Waals surface area contributed by atoms with Gasteiger partial charge in [0, 0.05) is 19.4 Å². The van der Waals surface area contributed by atoms with Crippen molar-refractivity contribution >= 4 is 11.9 Å². The van der Waals surface area contributed by atoms with Gasteiger partial charge in [-0.1, -0.05) is 78.1 Å². The van der Waals surface area contributed by atoms with Gasteiger partial charge in [0.15, 0.2) is 0 Å². The topological polar surface area (TPSA) is 76.1 Å². The van der Waals surface area contributed by atoms with Gasteiger partial charge in [0.1, 0.15) is 6.10 Å². The number of rotatable bonds is 26. The molecule has 0 aromatic carbocycles. The fourth-order valence-corrected chi connectivity index (χ4v) is 4.41. The second kappa shape index (κ2) is 25.9. The van der Waals surface area contributed by atoms with E-state index in [4.69, 9.17) is 4.74 Å². The molecule has 0 saturated heterocycles. The maximum atomic E-state index is 12.3. The summed E-state index contributed by atoms with van der Waals surface area (Å²) in [6, 6.07) is 0. The summed E-state index contributed by atoms with van der Waals surface area (Å²) in [5.41, 5.74) is 0. The minimum absolute atomic E-state index is 0.0120. The van der Waals surface area contributed by atoms with Gasteiger partial charge in [-0.25, -0.2) is 0 Å². The largest absolute Gasteiger partial charge is 0.469 e. The molecule has 0 heterocycles. The summed E-state index contributed by atoms with van der Waals surface area (Å²) in [7, 11) is 1.44. The highest BCUT2D eigenvalue weighted by atomic mass is 16.5. The first-order valence-electron chi connectivity index (χ1n) is 14.7. The third-order valence-corrected chi connectivity index (χ3v) is 6.66. The lowest BCUT2D eigenvalue weighted by Gasteiger charge is -2.21. The van der Waals surface area contributed by atoms with E-state index in [-0.39, 0.29) is 24.6 Å². The van der Waals surface area contributed by atoms with E-state index in [9.17, 15) is 14.7 Å². The summed E-state index contributed by atoms with van der Waals surface area (Å²) in [5.74, 6) is -0.130. The van der Waals surface area contributed by atoms with E-state index in [0.29, 0.717) is 12.8 Å². The van der Waals surface area contributed by atoms with Gasteiger partial charge in [-0.05, 0) is 58.0 Å². The maximum Gasteiger partial charge on any atom is 0.306 e. The maximum absolute atomic E-state index is 12.3. The van der Waals surface area contributed by atoms with Crippen molar-refractivity contribution in [3.8, 4) is 0 Å². The molecule has 0 bridgehead atoms. The standard InChI is InChI=1S/C29H57NO5/c1-4-6-14-20-27(19-7-5-2)35-29(33)22-16-11-9-13-18-24-30(25-26-31)23-17-12-8-10-15-21-28(32)34-3/h27,31H,4-26H2,1-3H3. The number of unbranched alkanes of at least 4 members (excludes halogenated alkanes) is 11. The Kier molecular flexibility index (Phi) is 25.1. The number of methoxy groups -OCH3 is 1. The molecule has 0 aromatic rings. The van der Waals surface area contributed by atoms with Crippen molar-refractivity contribution in [1.82, 2.24) is 4.90 Å². The molecule has 0 aliphatic carbocycles. The molecule has 1 atom stereocenters. The van der Waals surface area contributed by atoms with Gasteiger partial charge in [0.2, 0.25) is 0 Å². The van der Waals surface area contributed by atoms with Crippen LogP contribution in [0.25, 0.3) is 0 Å². The first kappa shape index (κ1) is 33.9. The molecule has 0 spiro atoms. The number of carbonyl (C=O) groups is 2. The summed E-state index contributed by atoms with van der Waals surface area (Å²) in [6.07, 6.45) is 19.9. The third kappa shape index (κ3) is 23.0. The van der Waals surface area contributed by atoms with E-state index in [1.165, 1.54) is 26.4 Å². The quantitative estimate of drug-likeness (QED) is 0.104. The Morgan fingerprint density at radius 3 is 1.71 bits per heavy atom. The second-order valence-electron chi connectivity index (χ2n) is 9.93. The molecule has 0 rings (SSSR count). The van der Waals surface area contributed by atoms with E-state index in [0.717, 1.165) is 110 Å². The molecule has 1 N–H and O–H groups in total. The van der Waals surface area contributed by atoms with Crippen LogP contribution in [0, 0.1) is 0 Å². The number of esters is 2. The van der Waals surface area contributed by atoms with Crippen molar-refractivity contribution in [2.24, 2.45) is 0 Å². The van der Waals surface area contributed by atoms with Gasteiger partial charge >= 0.3 is 11.9 Å². The van der Waals surface area contributed by atoms with Crippen LogP contribution in [-0.2, 0) is 19.1 Å². The van der Waals surface area contributed by atoms with Gasteiger partial charge < -0.3 is 19.5 Å². The zero-order valence-corrected chi connectivity index (χ0v) is 23.4. The summed E-state index contributed by atoms with van der Waals surface area (Å²) in [4.78, 5) is 25.7. The predicted molar refractivity (Wildman–Crippen MR) is 144 cm³/mol. The minimum Gasteiger partial charge on any atom is -0.469 e. The van der Waals surface area contributed by atoms with Crippen LogP contribution in [-0.4, -0.2) is 61.4 Å². The number of aliphatic hydroxyl groups excluding tert-OH is 1. The van der Waals surface area contributed by atoms with E-state index in [1.54, 1.807) is 0 Å². The fraction of sp³-hybridized carbons (Fsp3) is 0.931. The Balaban J connectivity index is 3.81. The van der Waals surface area contributed by atoms with Crippen molar-refractivity contribution in [2.45, 2.75) is 142 Å². The van der Waals surface area contributed by atoms with Gasteiger partial charge in [-0.15, -0.1) is 0 Å². The van der Waals surface area contributed by atoms with Crippen LogP contribution >= 0.6 is 0 Å². The van der Waals surface area contributed by atoms with Crippen molar-refractivity contribution in [1.29, 1.82) is 0 Å². The predicted octanol–water partition coefficient (Wildman–Crippen LogP) is 6.82. The lowest BCUT2D eigenvalue weighted by atomic mass is 10.1. The van der Waals surface area contributed by atoms with Gasteiger partial charge in [0.25, 0.3) is 0 Å². The Hall–Kier alpha value is -1.14. The molecule has 6 heteroatoms. The van der Waals surface area contributed by atoms with E-state index in [1.807, 2.05) is 0 Å². The van der Waals surface area contributed by atoms with Crippen molar-refractivity contribution in [3.05, 3.63) is 0 Å². The van der Waals surface area contributed by atoms with Crippen LogP contribution in [0.2, 0.25) is 0 Å². The molecule has 0 saturated carbocycles. The number of nitrogens with zero attached hydrogens (tertiary/aromatic N) is 1. The Morgan fingerprint density at radius 2 is 1.17 bits per heavy atom. The lowest BCUT2D eigenvalue weighted by Crippen LogP contribution is -2.29. The molecule has 0 fully saturated rings. The van der Waals surface area contributed by atoms with Gasteiger partial charge in [-0.3, -0.25) is 9.59 Å². The highest BCUT2D eigenvalue weighted by Crippen LogP contribution is 2.16. The molecule has 0 aliphatic rings. The van der Waals surface area contributed by atoms with Crippen LogP contribution < -0.4 is 0 Å². The Bertz CT molecular complexity index is 486. The third-order valence-electron chi connectivity index (χ3n) is 6.66. The molecule has 35 heavy (non-hydrogen) atoms. The monoisotopic (exact) mass is 499 g/mol. The van der Waals surface area contributed by atoms with Crippen LogP contribution in [0.3, 0.4) is 0 Å². The average Bonchev–Trinajstić information content (AvgIpc) is 2.85. The molecule has 6 nitrogen and oxygen atoms in total. The second-order valence-corrected chi connectivity index (χ2v) is 9.93. The van der Waals surface area contributed by atoms with E-state index < -0.39 is 0 Å². The van der Waals surface area contributed by atoms with Crippen molar-refractivity contribution in [3.63, 3.8) is 0 Å². The van der Waals surface area contributed by atoms with Crippen LogP contribution in [0.5, 0.6) is 0 Å². The zero-order chi connectivity index (χ0) is 26.0.